The largest absolute Gasteiger partial charge is 0.386 e. The third kappa shape index (κ3) is 3.21. The van der Waals surface area contributed by atoms with Crippen molar-refractivity contribution in [2.45, 2.75) is 50.4 Å². The van der Waals surface area contributed by atoms with Gasteiger partial charge in [0.1, 0.15) is 12.2 Å². The van der Waals surface area contributed by atoms with Gasteiger partial charge in [-0.2, -0.15) is 4.39 Å². The molecular weight excluding hydrogens is 384 g/mol. The fraction of sp³-hybridized carbons (Fsp3) is 0.692. The van der Waals surface area contributed by atoms with Crippen LogP contribution in [0.3, 0.4) is 0 Å². The predicted molar refractivity (Wildman–Crippen MR) is 80.1 cm³/mol. The van der Waals surface area contributed by atoms with E-state index in [-0.39, 0.29) is 6.10 Å². The van der Waals surface area contributed by atoms with Crippen LogP contribution >= 0.6 is 8.60 Å². The number of H-pyrrole nitrogens is 1. The fourth-order valence-electron chi connectivity index (χ4n) is 2.68. The second-order valence-corrected chi connectivity index (χ2v) is 7.20. The van der Waals surface area contributed by atoms with Crippen molar-refractivity contribution in [2.24, 2.45) is 0 Å². The number of hydrogen-bond donors (Lipinski definition) is 2. The SMILES string of the molecule is CC(C)OP1OC[C@@]2(C(F)F)O[C@@H](n3cc(F)c(=O)[nH]c3=O)[C@@H](O)[C@@H]2O1. The number of nitrogens with one attached hydrogen (secondary N) is 1. The number of aliphatic hydroxyl groups excluding tert-OH is 1. The van der Waals surface area contributed by atoms with E-state index < -0.39 is 62.7 Å². The first-order valence-electron chi connectivity index (χ1n) is 7.57. The normalized spacial score (nSPS) is 34.5. The number of alkyl halides is 2. The standard InChI is InChI=1S/C13H16F3N2O7P/c1-5(2)24-26-22-4-13(11(15)16)8(25-26)7(19)10(23-13)18-3-6(14)9(20)17-12(18)21/h3,5,7-8,10-11,19H,4H2,1-2H3,(H,17,20,21)/t7-,8-,10+,13+,26?/m0/s1. The number of nitrogens with zero attached hydrogens (tertiary/aromatic N) is 1. The van der Waals surface area contributed by atoms with Crippen molar-refractivity contribution in [1.82, 2.24) is 9.55 Å². The van der Waals surface area contributed by atoms with Gasteiger partial charge in [0, 0.05) is 0 Å². The van der Waals surface area contributed by atoms with Gasteiger partial charge in [-0.1, -0.05) is 0 Å². The third-order valence-electron chi connectivity index (χ3n) is 3.88. The second-order valence-electron chi connectivity index (χ2n) is 6.08. The Balaban J connectivity index is 1.96. The third-order valence-corrected chi connectivity index (χ3v) is 5.22. The summed E-state index contributed by atoms with van der Waals surface area (Å²) in [5.74, 6) is -1.34. The summed E-state index contributed by atoms with van der Waals surface area (Å²) in [7, 11) is -2.03. The minimum absolute atomic E-state index is 0.327. The van der Waals surface area contributed by atoms with Crippen LogP contribution in [0.4, 0.5) is 13.2 Å². The van der Waals surface area contributed by atoms with E-state index in [9.17, 15) is 27.9 Å². The average Bonchev–Trinajstić information content (AvgIpc) is 2.85. The molecule has 0 spiro atoms. The smallest absolute Gasteiger partial charge is 0.333 e. The maximum atomic E-state index is 13.7. The maximum absolute atomic E-state index is 13.7. The van der Waals surface area contributed by atoms with Gasteiger partial charge in [0.2, 0.25) is 5.82 Å². The Morgan fingerprint density at radius 2 is 2.15 bits per heavy atom. The molecule has 13 heteroatoms. The number of aliphatic hydroxyl groups is 1. The van der Waals surface area contributed by atoms with Crippen LogP contribution in [-0.4, -0.2) is 51.6 Å². The number of hydrogen-bond acceptors (Lipinski definition) is 7. The first kappa shape index (κ1) is 19.5. The van der Waals surface area contributed by atoms with Gasteiger partial charge in [-0.25, -0.2) is 13.6 Å². The Bertz CT molecular complexity index is 788. The highest BCUT2D eigenvalue weighted by Crippen LogP contribution is 2.55. The van der Waals surface area contributed by atoms with E-state index >= 15 is 0 Å². The summed E-state index contributed by atoms with van der Waals surface area (Å²) >= 11 is 0. The van der Waals surface area contributed by atoms with Crippen molar-refractivity contribution in [2.75, 3.05) is 6.61 Å². The lowest BCUT2D eigenvalue weighted by Gasteiger charge is -2.39. The molecule has 0 aromatic carbocycles. The monoisotopic (exact) mass is 400 g/mol. The van der Waals surface area contributed by atoms with Gasteiger partial charge >= 0.3 is 14.3 Å². The number of aromatic nitrogens is 2. The minimum atomic E-state index is -3.15. The quantitative estimate of drug-likeness (QED) is 0.714. The summed E-state index contributed by atoms with van der Waals surface area (Å²) in [5.41, 5.74) is -4.80. The zero-order valence-corrected chi connectivity index (χ0v) is 14.5. The van der Waals surface area contributed by atoms with Crippen molar-refractivity contribution in [3.8, 4) is 0 Å². The Morgan fingerprint density at radius 3 is 2.77 bits per heavy atom. The molecule has 5 atom stereocenters. The molecule has 0 aliphatic carbocycles. The lowest BCUT2D eigenvalue weighted by molar-refractivity contribution is -0.204. The molecule has 0 radical (unpaired) electrons. The fourth-order valence-corrected chi connectivity index (χ4v) is 3.99. The molecule has 2 fully saturated rings. The lowest BCUT2D eigenvalue weighted by atomic mass is 9.96. The maximum Gasteiger partial charge on any atom is 0.333 e. The molecule has 3 heterocycles. The van der Waals surface area contributed by atoms with E-state index in [1.165, 1.54) is 0 Å². The van der Waals surface area contributed by atoms with Crippen molar-refractivity contribution in [1.29, 1.82) is 0 Å². The van der Waals surface area contributed by atoms with Crippen LogP contribution in [0.25, 0.3) is 0 Å². The molecule has 0 bridgehead atoms. The molecule has 1 aromatic heterocycles. The van der Waals surface area contributed by atoms with E-state index in [2.05, 4.69) is 0 Å². The van der Waals surface area contributed by atoms with Crippen molar-refractivity contribution >= 4 is 8.60 Å². The number of aromatic amines is 1. The molecule has 0 amide bonds. The molecule has 2 aliphatic heterocycles. The number of ether oxygens (including phenoxy) is 1. The summed E-state index contributed by atoms with van der Waals surface area (Å²) in [6, 6.07) is 0. The van der Waals surface area contributed by atoms with Crippen LogP contribution in [0.2, 0.25) is 0 Å². The van der Waals surface area contributed by atoms with Gasteiger partial charge < -0.3 is 23.4 Å². The Morgan fingerprint density at radius 1 is 1.46 bits per heavy atom. The molecule has 146 valence electrons. The molecule has 1 aromatic rings. The number of halogens is 3. The first-order valence-corrected chi connectivity index (χ1v) is 8.67. The van der Waals surface area contributed by atoms with E-state index in [4.69, 9.17) is 18.3 Å². The topological polar surface area (TPSA) is 112 Å². The molecule has 9 nitrogen and oxygen atoms in total. The van der Waals surface area contributed by atoms with Gasteiger partial charge in [-0.3, -0.25) is 14.3 Å². The Labute approximate surface area is 145 Å². The highest BCUT2D eigenvalue weighted by Gasteiger charge is 2.65. The zero-order valence-electron chi connectivity index (χ0n) is 13.6. The summed E-state index contributed by atoms with van der Waals surface area (Å²) < 4.78 is 62.4. The molecule has 26 heavy (non-hydrogen) atoms. The second kappa shape index (κ2) is 7.02. The van der Waals surface area contributed by atoms with E-state index in [1.54, 1.807) is 18.8 Å². The highest BCUT2D eigenvalue weighted by atomic mass is 31.2. The van der Waals surface area contributed by atoms with Gasteiger partial charge in [-0.15, -0.1) is 0 Å². The van der Waals surface area contributed by atoms with Crippen LogP contribution < -0.4 is 11.2 Å². The molecule has 0 saturated carbocycles. The number of rotatable bonds is 4. The minimum Gasteiger partial charge on any atom is -0.386 e. The van der Waals surface area contributed by atoms with E-state index in [1.807, 2.05) is 0 Å². The predicted octanol–water partition coefficient (Wildman–Crippen LogP) is 0.637. The molecule has 2 saturated heterocycles. The zero-order chi connectivity index (χ0) is 19.2. The molecule has 1 unspecified atom stereocenters. The molecule has 3 rings (SSSR count). The van der Waals surface area contributed by atoms with Crippen LogP contribution in [-0.2, 0) is 18.3 Å². The van der Waals surface area contributed by atoms with Crippen molar-refractivity contribution in [3.05, 3.63) is 32.9 Å². The summed E-state index contributed by atoms with van der Waals surface area (Å²) in [6.45, 7) is 2.69. The molecule has 2 N–H and O–H groups in total. The Kier molecular flexibility index (Phi) is 5.26. The summed E-state index contributed by atoms with van der Waals surface area (Å²) in [5, 5.41) is 10.4. The van der Waals surface area contributed by atoms with E-state index in [0.29, 0.717) is 10.8 Å². The van der Waals surface area contributed by atoms with Crippen LogP contribution in [0, 0.1) is 5.82 Å². The Hall–Kier alpha value is -1.30. The first-order chi connectivity index (χ1) is 12.2. The van der Waals surface area contributed by atoms with Gasteiger partial charge in [0.15, 0.2) is 11.8 Å². The van der Waals surface area contributed by atoms with Crippen LogP contribution in [0.15, 0.2) is 15.8 Å². The summed E-state index contributed by atoms with van der Waals surface area (Å²) in [4.78, 5) is 24.7. The molecule has 2 aliphatic rings. The van der Waals surface area contributed by atoms with E-state index in [0.717, 1.165) is 0 Å². The van der Waals surface area contributed by atoms with Crippen molar-refractivity contribution < 1.29 is 36.6 Å². The van der Waals surface area contributed by atoms with Gasteiger partial charge in [-0.05, 0) is 13.8 Å². The average molecular weight is 400 g/mol. The molecular formula is C13H16F3N2O7P. The highest BCUT2D eigenvalue weighted by molar-refractivity contribution is 7.41. The number of fused-ring (bicyclic) bond motifs is 1. The van der Waals surface area contributed by atoms with Gasteiger partial charge in [0.05, 0.1) is 18.9 Å². The van der Waals surface area contributed by atoms with Crippen LogP contribution in [0.5, 0.6) is 0 Å². The van der Waals surface area contributed by atoms with Gasteiger partial charge in [0.25, 0.3) is 12.0 Å². The summed E-state index contributed by atoms with van der Waals surface area (Å²) in [6.07, 6.45) is -8.08. The van der Waals surface area contributed by atoms with Crippen molar-refractivity contribution in [3.63, 3.8) is 0 Å². The van der Waals surface area contributed by atoms with Crippen LogP contribution in [0.1, 0.15) is 20.1 Å². The lowest BCUT2D eigenvalue weighted by Crippen LogP contribution is -2.55.